The van der Waals surface area contributed by atoms with Gasteiger partial charge in [-0.2, -0.15) is 15.2 Å². The molecule has 0 saturated heterocycles. The highest BCUT2D eigenvalue weighted by molar-refractivity contribution is 5.80. The summed E-state index contributed by atoms with van der Waals surface area (Å²) in [5.41, 5.74) is 2.21. The molecule has 0 atom stereocenters. The average Bonchev–Trinajstić information content (AvgIpc) is 2.32. The molecule has 17 heavy (non-hydrogen) atoms. The van der Waals surface area contributed by atoms with Crippen LogP contribution in [0, 0.1) is 5.82 Å². The summed E-state index contributed by atoms with van der Waals surface area (Å²) in [6.07, 6.45) is 2.58. The zero-order valence-electron chi connectivity index (χ0n) is 8.59. The molecular formula is C10H8FN5O. The standard InChI is InChI=1S/C10H8FN5O/c11-8-4-2-1-3-7(8)5-12-15-9-6-13-16-10(17)14-9/h1-6H,(H2,14,15,16,17). The van der Waals surface area contributed by atoms with Crippen LogP contribution in [0.1, 0.15) is 5.56 Å². The van der Waals surface area contributed by atoms with Crippen LogP contribution in [0.5, 0.6) is 0 Å². The van der Waals surface area contributed by atoms with Gasteiger partial charge in [0.1, 0.15) is 5.82 Å². The van der Waals surface area contributed by atoms with E-state index in [4.69, 9.17) is 0 Å². The van der Waals surface area contributed by atoms with Gasteiger partial charge in [-0.05, 0) is 6.07 Å². The van der Waals surface area contributed by atoms with E-state index >= 15 is 0 Å². The van der Waals surface area contributed by atoms with Crippen LogP contribution < -0.4 is 11.1 Å². The van der Waals surface area contributed by atoms with Gasteiger partial charge in [0.25, 0.3) is 0 Å². The van der Waals surface area contributed by atoms with Crippen LogP contribution in [0.2, 0.25) is 0 Å². The molecule has 0 fully saturated rings. The number of aromatic nitrogens is 3. The molecule has 0 aliphatic carbocycles. The van der Waals surface area contributed by atoms with Crippen molar-refractivity contribution in [3.05, 3.63) is 52.3 Å². The van der Waals surface area contributed by atoms with Crippen LogP contribution in [0.25, 0.3) is 0 Å². The van der Waals surface area contributed by atoms with Crippen LogP contribution in [0.3, 0.4) is 0 Å². The smallest absolute Gasteiger partial charge is 0.260 e. The van der Waals surface area contributed by atoms with Crippen LogP contribution in [0.15, 0.2) is 40.4 Å². The first-order valence-electron chi connectivity index (χ1n) is 4.71. The van der Waals surface area contributed by atoms with Gasteiger partial charge in [-0.25, -0.2) is 14.3 Å². The van der Waals surface area contributed by atoms with E-state index in [1.807, 2.05) is 0 Å². The number of nitrogens with one attached hydrogen (secondary N) is 2. The van der Waals surface area contributed by atoms with Crippen molar-refractivity contribution >= 4 is 12.0 Å². The van der Waals surface area contributed by atoms with Crippen molar-refractivity contribution in [1.29, 1.82) is 0 Å². The summed E-state index contributed by atoms with van der Waals surface area (Å²) in [5.74, 6) is -0.198. The Labute approximate surface area is 95.2 Å². The molecule has 0 spiro atoms. The van der Waals surface area contributed by atoms with Gasteiger partial charge in [0, 0.05) is 5.56 Å². The molecule has 2 aromatic rings. The number of rotatable bonds is 3. The molecule has 1 aromatic heterocycles. The highest BCUT2D eigenvalue weighted by Gasteiger charge is 1.96. The summed E-state index contributed by atoms with van der Waals surface area (Å²) in [5, 5.41) is 9.38. The fourth-order valence-corrected chi connectivity index (χ4v) is 1.11. The third kappa shape index (κ3) is 2.94. The second-order valence-electron chi connectivity index (χ2n) is 3.06. The van der Waals surface area contributed by atoms with Crippen LogP contribution in [-0.2, 0) is 0 Å². The summed E-state index contributed by atoms with van der Waals surface area (Å²) in [6, 6.07) is 6.18. The topological polar surface area (TPSA) is 83.0 Å². The van der Waals surface area contributed by atoms with E-state index in [9.17, 15) is 9.18 Å². The lowest BCUT2D eigenvalue weighted by Gasteiger charge is -1.97. The first kappa shape index (κ1) is 10.9. The van der Waals surface area contributed by atoms with E-state index in [0.717, 1.165) is 0 Å². The fourth-order valence-electron chi connectivity index (χ4n) is 1.11. The molecule has 2 N–H and O–H groups in total. The SMILES string of the molecule is O=c1nc(NN=Cc2ccccc2F)cn[nH]1. The number of H-pyrrole nitrogens is 1. The molecular weight excluding hydrogens is 225 g/mol. The molecule has 0 aliphatic heterocycles. The predicted octanol–water partition coefficient (Wildman–Crippen LogP) is 0.750. The summed E-state index contributed by atoms with van der Waals surface area (Å²) in [6.45, 7) is 0. The molecule has 0 bridgehead atoms. The maximum Gasteiger partial charge on any atom is 0.363 e. The van der Waals surface area contributed by atoms with Crippen LogP contribution >= 0.6 is 0 Å². The Morgan fingerprint density at radius 3 is 3.00 bits per heavy atom. The van der Waals surface area contributed by atoms with E-state index in [-0.39, 0.29) is 11.6 Å². The van der Waals surface area contributed by atoms with Crippen molar-refractivity contribution in [2.45, 2.75) is 0 Å². The molecule has 6 nitrogen and oxygen atoms in total. The second-order valence-corrected chi connectivity index (χ2v) is 3.06. The minimum atomic E-state index is -0.587. The maximum absolute atomic E-state index is 13.2. The van der Waals surface area contributed by atoms with Crippen molar-refractivity contribution in [1.82, 2.24) is 15.2 Å². The Hall–Kier alpha value is -2.57. The summed E-state index contributed by atoms with van der Waals surface area (Å²) in [4.78, 5) is 14.3. The Bertz CT molecular complexity index is 595. The minimum Gasteiger partial charge on any atom is -0.260 e. The Morgan fingerprint density at radius 2 is 2.24 bits per heavy atom. The predicted molar refractivity (Wildman–Crippen MR) is 60.3 cm³/mol. The molecule has 0 radical (unpaired) electrons. The summed E-state index contributed by atoms with van der Waals surface area (Å²) < 4.78 is 13.2. The van der Waals surface area contributed by atoms with E-state index in [1.165, 1.54) is 18.5 Å². The Morgan fingerprint density at radius 1 is 1.41 bits per heavy atom. The van der Waals surface area contributed by atoms with Gasteiger partial charge < -0.3 is 0 Å². The number of hydrazone groups is 1. The van der Waals surface area contributed by atoms with Crippen LogP contribution in [-0.4, -0.2) is 21.4 Å². The molecule has 0 unspecified atom stereocenters. The molecule has 1 aromatic carbocycles. The van der Waals surface area contributed by atoms with Crippen molar-refractivity contribution in [2.24, 2.45) is 5.10 Å². The van der Waals surface area contributed by atoms with Gasteiger partial charge in [-0.3, -0.25) is 5.43 Å². The maximum atomic E-state index is 13.2. The van der Waals surface area contributed by atoms with Crippen molar-refractivity contribution in [2.75, 3.05) is 5.43 Å². The molecule has 0 aliphatic rings. The van der Waals surface area contributed by atoms with E-state index in [1.54, 1.807) is 18.2 Å². The van der Waals surface area contributed by atoms with E-state index < -0.39 is 5.69 Å². The average molecular weight is 233 g/mol. The van der Waals surface area contributed by atoms with Gasteiger partial charge >= 0.3 is 5.69 Å². The second kappa shape index (κ2) is 4.97. The van der Waals surface area contributed by atoms with Gasteiger partial charge in [0.2, 0.25) is 0 Å². The lowest BCUT2D eigenvalue weighted by molar-refractivity contribution is 0.626. The zero-order valence-corrected chi connectivity index (χ0v) is 8.59. The third-order valence-electron chi connectivity index (χ3n) is 1.86. The summed E-state index contributed by atoms with van der Waals surface area (Å²) in [7, 11) is 0. The van der Waals surface area contributed by atoms with Gasteiger partial charge in [0.15, 0.2) is 5.82 Å². The molecule has 0 saturated carbocycles. The third-order valence-corrected chi connectivity index (χ3v) is 1.86. The first-order valence-corrected chi connectivity index (χ1v) is 4.71. The number of nitrogens with zero attached hydrogens (tertiary/aromatic N) is 3. The van der Waals surface area contributed by atoms with Crippen molar-refractivity contribution in [3.63, 3.8) is 0 Å². The fraction of sp³-hybridized carbons (Fsp3) is 0. The number of benzene rings is 1. The van der Waals surface area contributed by atoms with Crippen molar-refractivity contribution in [3.8, 4) is 0 Å². The molecule has 7 heteroatoms. The highest BCUT2D eigenvalue weighted by atomic mass is 19.1. The normalized spacial score (nSPS) is 10.6. The molecule has 0 amide bonds. The number of hydrogen-bond acceptors (Lipinski definition) is 5. The number of aromatic amines is 1. The molecule has 86 valence electrons. The quantitative estimate of drug-likeness (QED) is 0.605. The van der Waals surface area contributed by atoms with E-state index in [0.29, 0.717) is 5.56 Å². The van der Waals surface area contributed by atoms with Crippen LogP contribution in [0.4, 0.5) is 10.2 Å². The number of anilines is 1. The van der Waals surface area contributed by atoms with Gasteiger partial charge in [-0.15, -0.1) is 0 Å². The Balaban J connectivity index is 2.08. The molecule has 1 heterocycles. The Kier molecular flexibility index (Phi) is 3.20. The van der Waals surface area contributed by atoms with Crippen molar-refractivity contribution < 1.29 is 4.39 Å². The minimum absolute atomic E-state index is 0.182. The monoisotopic (exact) mass is 233 g/mol. The lowest BCUT2D eigenvalue weighted by Crippen LogP contribution is -2.13. The number of hydrogen-bond donors (Lipinski definition) is 2. The zero-order chi connectivity index (χ0) is 12.1. The van der Waals surface area contributed by atoms with E-state index in [2.05, 4.69) is 25.7 Å². The number of halogens is 1. The summed E-state index contributed by atoms with van der Waals surface area (Å²) >= 11 is 0. The first-order chi connectivity index (χ1) is 8.25. The molecule has 2 rings (SSSR count). The van der Waals surface area contributed by atoms with Gasteiger partial charge in [-0.1, -0.05) is 18.2 Å². The lowest BCUT2D eigenvalue weighted by atomic mass is 10.2. The highest BCUT2D eigenvalue weighted by Crippen LogP contribution is 2.03. The van der Waals surface area contributed by atoms with Gasteiger partial charge in [0.05, 0.1) is 12.4 Å². The largest absolute Gasteiger partial charge is 0.363 e.